The predicted molar refractivity (Wildman–Crippen MR) is 46.2 cm³/mol. The van der Waals surface area contributed by atoms with Crippen molar-refractivity contribution in [1.29, 1.82) is 10.7 Å². The third kappa shape index (κ3) is 1.88. The number of guanidine groups is 1. The minimum absolute atomic E-state index is 0.121. The van der Waals surface area contributed by atoms with Gasteiger partial charge in [0.25, 0.3) is 0 Å². The molecule has 0 bridgehead atoms. The summed E-state index contributed by atoms with van der Waals surface area (Å²) < 4.78 is 0. The normalized spacial score (nSPS) is 18.2. The van der Waals surface area contributed by atoms with Crippen LogP contribution in [0, 0.1) is 16.9 Å². The van der Waals surface area contributed by atoms with E-state index in [0.29, 0.717) is 0 Å². The molecule has 1 saturated carbocycles. The lowest BCUT2D eigenvalue weighted by Crippen LogP contribution is -2.41. The van der Waals surface area contributed by atoms with Gasteiger partial charge in [0.05, 0.1) is 0 Å². The Hall–Kier alpha value is -1.24. The molecule has 3 N–H and O–H groups in total. The summed E-state index contributed by atoms with van der Waals surface area (Å²) in [6.45, 7) is 0. The van der Waals surface area contributed by atoms with E-state index in [1.165, 1.54) is 11.3 Å². The zero-order chi connectivity index (χ0) is 8.97. The van der Waals surface area contributed by atoms with Gasteiger partial charge in [-0.25, -0.2) is 4.90 Å². The minimum Gasteiger partial charge on any atom is -0.369 e. The second kappa shape index (κ2) is 3.96. The lowest BCUT2D eigenvalue weighted by atomic mass is 9.95. The molecule has 1 aliphatic rings. The molecule has 12 heavy (non-hydrogen) atoms. The van der Waals surface area contributed by atoms with Gasteiger partial charge in [-0.15, -0.1) is 0 Å². The molecule has 1 rings (SSSR count). The smallest absolute Gasteiger partial charge is 0.202 e. The largest absolute Gasteiger partial charge is 0.369 e. The number of nitrogens with zero attached hydrogens (tertiary/aromatic N) is 2. The molecule has 0 heterocycles. The van der Waals surface area contributed by atoms with Crippen LogP contribution in [0.4, 0.5) is 0 Å². The molecule has 0 amide bonds. The van der Waals surface area contributed by atoms with Crippen LogP contribution >= 0.6 is 0 Å². The number of hydrogen-bond donors (Lipinski definition) is 2. The number of hydrogen-bond acceptors (Lipinski definition) is 2. The van der Waals surface area contributed by atoms with E-state index in [1.54, 1.807) is 0 Å². The van der Waals surface area contributed by atoms with E-state index in [0.717, 1.165) is 25.7 Å². The number of nitriles is 1. The summed E-state index contributed by atoms with van der Waals surface area (Å²) in [4.78, 5) is 1.32. The van der Waals surface area contributed by atoms with Crippen LogP contribution in [0.15, 0.2) is 0 Å². The molecule has 0 aliphatic heterocycles. The zero-order valence-corrected chi connectivity index (χ0v) is 7.08. The molecule has 66 valence electrons. The van der Waals surface area contributed by atoms with Gasteiger partial charge in [0.1, 0.15) is 0 Å². The summed E-state index contributed by atoms with van der Waals surface area (Å²) in [6.07, 6.45) is 7.48. The van der Waals surface area contributed by atoms with E-state index in [1.807, 2.05) is 6.19 Å². The molecule has 0 aromatic rings. The first-order valence-electron chi connectivity index (χ1n) is 4.28. The molecule has 0 atom stereocenters. The van der Waals surface area contributed by atoms with Crippen LogP contribution in [0.2, 0.25) is 0 Å². The highest BCUT2D eigenvalue weighted by molar-refractivity contribution is 5.76. The van der Waals surface area contributed by atoms with Crippen LogP contribution in [0.25, 0.3) is 0 Å². The summed E-state index contributed by atoms with van der Waals surface area (Å²) in [7, 11) is 0. The maximum Gasteiger partial charge on any atom is 0.202 e. The van der Waals surface area contributed by atoms with E-state index in [4.69, 9.17) is 16.4 Å². The van der Waals surface area contributed by atoms with Crippen LogP contribution in [-0.4, -0.2) is 16.9 Å². The first kappa shape index (κ1) is 8.85. The second-order valence-corrected chi connectivity index (χ2v) is 3.15. The maximum atomic E-state index is 8.70. The van der Waals surface area contributed by atoms with Crippen molar-refractivity contribution in [3.63, 3.8) is 0 Å². The van der Waals surface area contributed by atoms with Crippen LogP contribution in [0.5, 0.6) is 0 Å². The van der Waals surface area contributed by atoms with E-state index in [-0.39, 0.29) is 12.0 Å². The summed E-state index contributed by atoms with van der Waals surface area (Å²) >= 11 is 0. The van der Waals surface area contributed by atoms with Crippen molar-refractivity contribution in [2.24, 2.45) is 5.73 Å². The van der Waals surface area contributed by atoms with Crippen molar-refractivity contribution in [2.75, 3.05) is 0 Å². The summed E-state index contributed by atoms with van der Waals surface area (Å²) in [6, 6.07) is 0.182. The Balaban J connectivity index is 2.53. The molecule has 0 aromatic heterocycles. The van der Waals surface area contributed by atoms with Crippen molar-refractivity contribution in [3.8, 4) is 6.19 Å². The van der Waals surface area contributed by atoms with E-state index in [2.05, 4.69) is 0 Å². The van der Waals surface area contributed by atoms with Crippen LogP contribution < -0.4 is 5.73 Å². The Kier molecular flexibility index (Phi) is 2.92. The summed E-state index contributed by atoms with van der Waals surface area (Å²) in [5.41, 5.74) is 5.26. The number of nitrogens with two attached hydrogens (primary N) is 1. The molecule has 1 fully saturated rings. The Morgan fingerprint density at radius 3 is 2.42 bits per heavy atom. The van der Waals surface area contributed by atoms with Crippen molar-refractivity contribution < 1.29 is 0 Å². The monoisotopic (exact) mass is 166 g/mol. The Morgan fingerprint density at radius 1 is 1.42 bits per heavy atom. The first-order valence-corrected chi connectivity index (χ1v) is 4.28. The fraction of sp³-hybridized carbons (Fsp3) is 0.750. The van der Waals surface area contributed by atoms with E-state index < -0.39 is 0 Å². The Morgan fingerprint density at radius 2 is 2.00 bits per heavy atom. The molecule has 0 aromatic carbocycles. The van der Waals surface area contributed by atoms with E-state index in [9.17, 15) is 0 Å². The van der Waals surface area contributed by atoms with Gasteiger partial charge < -0.3 is 5.73 Å². The van der Waals surface area contributed by atoms with Gasteiger partial charge in [0.15, 0.2) is 6.19 Å². The van der Waals surface area contributed by atoms with Crippen molar-refractivity contribution in [2.45, 2.75) is 38.1 Å². The van der Waals surface area contributed by atoms with Crippen LogP contribution in [0.1, 0.15) is 32.1 Å². The van der Waals surface area contributed by atoms with Gasteiger partial charge in [0.2, 0.25) is 5.96 Å². The highest BCUT2D eigenvalue weighted by Gasteiger charge is 2.21. The first-order chi connectivity index (χ1) is 5.75. The van der Waals surface area contributed by atoms with Crippen molar-refractivity contribution in [3.05, 3.63) is 0 Å². The molecule has 0 saturated heterocycles. The topological polar surface area (TPSA) is 76.9 Å². The number of rotatable bonds is 1. The molecule has 0 spiro atoms. The highest BCUT2D eigenvalue weighted by atomic mass is 15.2. The lowest BCUT2D eigenvalue weighted by Gasteiger charge is -2.28. The molecular formula is C8H14N4. The summed E-state index contributed by atoms with van der Waals surface area (Å²) in [5.74, 6) is -0.121. The fourth-order valence-electron chi connectivity index (χ4n) is 1.67. The maximum absolute atomic E-state index is 8.70. The summed E-state index contributed by atoms with van der Waals surface area (Å²) in [5, 5.41) is 15.9. The Bertz CT molecular complexity index is 200. The van der Waals surface area contributed by atoms with Gasteiger partial charge in [-0.2, -0.15) is 5.26 Å². The van der Waals surface area contributed by atoms with Crippen molar-refractivity contribution in [1.82, 2.24) is 4.90 Å². The third-order valence-corrected chi connectivity index (χ3v) is 2.31. The SMILES string of the molecule is N#CN(C(=N)N)C1CCCCC1. The zero-order valence-electron chi connectivity index (χ0n) is 7.08. The standard InChI is InChI=1S/C8H14N4/c9-6-12(8(10)11)7-4-2-1-3-5-7/h7H,1-5H2,(H3,10,11). The van der Waals surface area contributed by atoms with Crippen LogP contribution in [-0.2, 0) is 0 Å². The lowest BCUT2D eigenvalue weighted by molar-refractivity contribution is 0.305. The van der Waals surface area contributed by atoms with Gasteiger partial charge in [-0.05, 0) is 12.8 Å². The Labute approximate surface area is 72.5 Å². The van der Waals surface area contributed by atoms with Gasteiger partial charge in [-0.1, -0.05) is 19.3 Å². The van der Waals surface area contributed by atoms with Gasteiger partial charge >= 0.3 is 0 Å². The quantitative estimate of drug-likeness (QED) is 0.264. The van der Waals surface area contributed by atoms with Gasteiger partial charge in [0, 0.05) is 6.04 Å². The van der Waals surface area contributed by atoms with Crippen molar-refractivity contribution >= 4 is 5.96 Å². The van der Waals surface area contributed by atoms with Gasteiger partial charge in [-0.3, -0.25) is 5.41 Å². The fourth-order valence-corrected chi connectivity index (χ4v) is 1.67. The molecular weight excluding hydrogens is 152 g/mol. The molecule has 4 heteroatoms. The second-order valence-electron chi connectivity index (χ2n) is 3.15. The van der Waals surface area contributed by atoms with E-state index >= 15 is 0 Å². The molecule has 0 radical (unpaired) electrons. The average molecular weight is 166 g/mol. The molecule has 0 unspecified atom stereocenters. The third-order valence-electron chi connectivity index (χ3n) is 2.31. The highest BCUT2D eigenvalue weighted by Crippen LogP contribution is 2.21. The van der Waals surface area contributed by atoms with Crippen LogP contribution in [0.3, 0.4) is 0 Å². The molecule has 4 nitrogen and oxygen atoms in total. The number of nitrogens with one attached hydrogen (secondary N) is 1. The predicted octanol–water partition coefficient (Wildman–Crippen LogP) is 0.996. The molecule has 1 aliphatic carbocycles. The average Bonchev–Trinajstić information content (AvgIpc) is 2.07. The minimum atomic E-state index is -0.121.